The summed E-state index contributed by atoms with van der Waals surface area (Å²) in [6.45, 7) is 4.13. The molecule has 0 amide bonds. The van der Waals surface area contributed by atoms with Crippen LogP contribution in [0.2, 0.25) is 0 Å². The van der Waals surface area contributed by atoms with Crippen LogP contribution in [0, 0.1) is 13.8 Å². The fraction of sp³-hybridized carbons (Fsp3) is 0.118. The van der Waals surface area contributed by atoms with E-state index in [0.29, 0.717) is 0 Å². The van der Waals surface area contributed by atoms with Crippen LogP contribution in [-0.2, 0) is 4.57 Å². The minimum absolute atomic E-state index is 0.142. The van der Waals surface area contributed by atoms with Crippen LogP contribution in [0.25, 0.3) is 0 Å². The van der Waals surface area contributed by atoms with E-state index in [-0.39, 0.29) is 6.04 Å². The number of hydrogen-bond acceptors (Lipinski definition) is 2. The lowest BCUT2D eigenvalue weighted by Crippen LogP contribution is -2.33. The van der Waals surface area contributed by atoms with Gasteiger partial charge in [0.1, 0.15) is 0 Å². The van der Waals surface area contributed by atoms with Crippen LogP contribution in [0.3, 0.4) is 0 Å². The van der Waals surface area contributed by atoms with Crippen LogP contribution in [-0.4, -0.2) is 0 Å². The average Bonchev–Trinajstić information content (AvgIpc) is 2.95. The van der Waals surface area contributed by atoms with Crippen molar-refractivity contribution in [1.82, 2.24) is 5.32 Å². The van der Waals surface area contributed by atoms with Crippen molar-refractivity contribution in [3.63, 3.8) is 0 Å². The monoisotopic (exact) mass is 501 g/mol. The van der Waals surface area contributed by atoms with Crippen LogP contribution in [0.4, 0.5) is 0 Å². The maximum atomic E-state index is 15.7. The van der Waals surface area contributed by atoms with E-state index in [2.05, 4.69) is 104 Å². The van der Waals surface area contributed by atoms with Crippen molar-refractivity contribution >= 4 is 17.8 Å². The zero-order valence-corrected chi connectivity index (χ0v) is 22.2. The third-order valence-electron chi connectivity index (χ3n) is 6.90. The highest BCUT2D eigenvalue weighted by molar-refractivity contribution is 7.79. The molecule has 0 radical (unpaired) electrons. The smallest absolute Gasteiger partial charge is 0.163 e. The van der Waals surface area contributed by atoms with Crippen molar-refractivity contribution in [2.75, 3.05) is 0 Å². The van der Waals surface area contributed by atoms with Crippen LogP contribution in [0.1, 0.15) is 39.6 Å². The van der Waals surface area contributed by atoms with E-state index in [4.69, 9.17) is 0 Å². The minimum Gasteiger partial charge on any atom is -0.312 e. The molecular formula is C34H32NOP. The van der Waals surface area contributed by atoms with Gasteiger partial charge in [-0.2, -0.15) is 0 Å². The van der Waals surface area contributed by atoms with E-state index < -0.39 is 12.9 Å². The summed E-state index contributed by atoms with van der Waals surface area (Å²) in [6.07, 6.45) is 0. The second-order valence-corrected chi connectivity index (χ2v) is 12.4. The van der Waals surface area contributed by atoms with E-state index in [1.807, 2.05) is 54.6 Å². The third kappa shape index (κ3) is 5.37. The highest BCUT2D eigenvalue weighted by Gasteiger charge is 2.39. The summed E-state index contributed by atoms with van der Waals surface area (Å²) >= 11 is 0. The fourth-order valence-electron chi connectivity index (χ4n) is 4.86. The largest absolute Gasteiger partial charge is 0.312 e. The fourth-order valence-corrected chi connectivity index (χ4v) is 7.89. The number of benzene rings is 5. The first-order chi connectivity index (χ1) is 18.1. The average molecular weight is 502 g/mol. The molecule has 0 aliphatic heterocycles. The summed E-state index contributed by atoms with van der Waals surface area (Å²) in [5, 5.41) is 5.61. The van der Waals surface area contributed by atoms with Crippen molar-refractivity contribution in [2.24, 2.45) is 0 Å². The number of nitrogens with one attached hydrogen (secondary N) is 1. The van der Waals surface area contributed by atoms with Crippen LogP contribution in [0.15, 0.2) is 140 Å². The Labute approximate surface area is 220 Å². The molecule has 5 aromatic carbocycles. The number of rotatable bonds is 8. The Balaban J connectivity index is 1.73. The van der Waals surface area contributed by atoms with E-state index in [0.717, 1.165) is 38.4 Å². The van der Waals surface area contributed by atoms with Gasteiger partial charge in [-0.1, -0.05) is 151 Å². The predicted octanol–water partition coefficient (Wildman–Crippen LogP) is 7.70. The van der Waals surface area contributed by atoms with Crippen molar-refractivity contribution in [3.8, 4) is 0 Å². The van der Waals surface area contributed by atoms with Gasteiger partial charge in [-0.3, -0.25) is 5.32 Å². The molecule has 0 heterocycles. The first-order valence-corrected chi connectivity index (χ1v) is 14.5. The lowest BCUT2D eigenvalue weighted by atomic mass is 9.98. The zero-order chi connectivity index (χ0) is 25.7. The topological polar surface area (TPSA) is 29.1 Å². The molecular weight excluding hydrogens is 469 g/mol. The molecule has 1 N–H and O–H groups in total. The standard InChI is InChI=1S/C34H32NOP/c1-26-18-22-31(23-19-26)37(36,32-24-20-27(2)21-25-32)34(30-16-10-5-11-17-30)35-33(28-12-6-3-7-13-28)29-14-8-4-9-15-29/h3-25,33-35H,1-2H3/t34-/m1/s1. The third-order valence-corrected chi connectivity index (χ3v) is 10.2. The second-order valence-electron chi connectivity index (χ2n) is 9.56. The second kappa shape index (κ2) is 11.1. The summed E-state index contributed by atoms with van der Waals surface area (Å²) in [5.41, 5.74) is 5.57. The Bertz CT molecular complexity index is 1380. The van der Waals surface area contributed by atoms with Gasteiger partial charge in [0.05, 0.1) is 11.8 Å². The molecule has 0 bridgehead atoms. The molecule has 0 unspecified atom stereocenters. The van der Waals surface area contributed by atoms with Gasteiger partial charge < -0.3 is 4.57 Å². The Morgan fingerprint density at radius 1 is 0.486 bits per heavy atom. The minimum atomic E-state index is -3.20. The van der Waals surface area contributed by atoms with Gasteiger partial charge in [-0.25, -0.2) is 0 Å². The molecule has 2 nitrogen and oxygen atoms in total. The molecule has 37 heavy (non-hydrogen) atoms. The molecule has 0 spiro atoms. The Morgan fingerprint density at radius 3 is 1.22 bits per heavy atom. The first kappa shape index (κ1) is 25.0. The maximum absolute atomic E-state index is 15.7. The highest BCUT2D eigenvalue weighted by atomic mass is 31.2. The van der Waals surface area contributed by atoms with Gasteiger partial charge >= 0.3 is 0 Å². The summed E-state index contributed by atoms with van der Waals surface area (Å²) in [7, 11) is -3.20. The maximum Gasteiger partial charge on any atom is 0.163 e. The molecule has 0 saturated heterocycles. The van der Waals surface area contributed by atoms with Crippen molar-refractivity contribution in [3.05, 3.63) is 167 Å². The van der Waals surface area contributed by atoms with Gasteiger partial charge in [-0.05, 0) is 30.5 Å². The van der Waals surface area contributed by atoms with Gasteiger partial charge in [-0.15, -0.1) is 0 Å². The summed E-state index contributed by atoms with van der Waals surface area (Å²) in [6, 6.07) is 47.3. The highest BCUT2D eigenvalue weighted by Crippen LogP contribution is 2.56. The predicted molar refractivity (Wildman–Crippen MR) is 156 cm³/mol. The first-order valence-electron chi connectivity index (χ1n) is 12.7. The van der Waals surface area contributed by atoms with Gasteiger partial charge in [0.25, 0.3) is 0 Å². The van der Waals surface area contributed by atoms with Gasteiger partial charge in [0.15, 0.2) is 7.14 Å². The summed E-state index contributed by atoms with van der Waals surface area (Å²) in [5.74, 6) is -0.440. The van der Waals surface area contributed by atoms with Gasteiger partial charge in [0.2, 0.25) is 0 Å². The Morgan fingerprint density at radius 2 is 0.838 bits per heavy atom. The van der Waals surface area contributed by atoms with Crippen molar-refractivity contribution in [2.45, 2.75) is 25.7 Å². The van der Waals surface area contributed by atoms with Crippen molar-refractivity contribution < 1.29 is 4.57 Å². The SMILES string of the molecule is Cc1ccc(P(=O)(c2ccc(C)cc2)[C@@H](NC(c2ccccc2)c2ccccc2)c2ccccc2)cc1. The molecule has 0 aliphatic rings. The number of hydrogen-bond donors (Lipinski definition) is 1. The molecule has 0 aromatic heterocycles. The van der Waals surface area contributed by atoms with Crippen LogP contribution >= 0.6 is 7.14 Å². The van der Waals surface area contributed by atoms with Gasteiger partial charge in [0, 0.05) is 10.6 Å². The van der Waals surface area contributed by atoms with Crippen LogP contribution < -0.4 is 15.9 Å². The lowest BCUT2D eigenvalue weighted by molar-refractivity contribution is 0.537. The molecule has 5 rings (SSSR count). The normalized spacial score (nSPS) is 12.4. The Kier molecular flexibility index (Phi) is 7.51. The molecule has 0 saturated carbocycles. The zero-order valence-electron chi connectivity index (χ0n) is 21.3. The summed E-state index contributed by atoms with van der Waals surface area (Å²) in [4.78, 5) is 0. The molecule has 0 fully saturated rings. The molecule has 5 aromatic rings. The molecule has 0 aliphatic carbocycles. The Hall–Kier alpha value is -3.71. The molecule has 1 atom stereocenters. The summed E-state index contributed by atoms with van der Waals surface area (Å²) < 4.78 is 15.7. The number of aryl methyl sites for hydroxylation is 2. The lowest BCUT2D eigenvalue weighted by Gasteiger charge is -2.34. The molecule has 184 valence electrons. The molecule has 3 heteroatoms. The van der Waals surface area contributed by atoms with E-state index in [1.165, 1.54) is 0 Å². The quantitative estimate of drug-likeness (QED) is 0.221. The van der Waals surface area contributed by atoms with E-state index in [1.54, 1.807) is 0 Å². The van der Waals surface area contributed by atoms with Crippen LogP contribution in [0.5, 0.6) is 0 Å². The van der Waals surface area contributed by atoms with E-state index >= 15 is 4.57 Å². The van der Waals surface area contributed by atoms with Crippen molar-refractivity contribution in [1.29, 1.82) is 0 Å². The van der Waals surface area contributed by atoms with E-state index in [9.17, 15) is 0 Å².